The summed E-state index contributed by atoms with van der Waals surface area (Å²) in [6.07, 6.45) is -1.89. The number of rotatable bonds is 2. The van der Waals surface area contributed by atoms with E-state index in [-0.39, 0.29) is 0 Å². The molecule has 0 atom stereocenters. The minimum Gasteiger partial charge on any atom is -0.368 e. The van der Waals surface area contributed by atoms with Crippen molar-refractivity contribution < 1.29 is 13.2 Å². The predicted octanol–water partition coefficient (Wildman–Crippen LogP) is 1.12. The Morgan fingerprint density at radius 2 is 2.08 bits per heavy atom. The van der Waals surface area contributed by atoms with Crippen LogP contribution in [0.2, 0.25) is 0 Å². The third-order valence-corrected chi connectivity index (χ3v) is 0.733. The van der Waals surface area contributed by atoms with Crippen molar-refractivity contribution in [2.75, 3.05) is 6.54 Å². The van der Waals surface area contributed by atoms with Crippen molar-refractivity contribution in [3.05, 3.63) is 12.7 Å². The highest BCUT2D eigenvalue weighted by molar-refractivity contribution is 5.89. The molecule has 2 N–H and O–H groups in total. The maximum Gasteiger partial charge on any atom is 0.408 e. The quantitative estimate of drug-likeness (QED) is 0.501. The number of guanidine groups is 1. The van der Waals surface area contributed by atoms with Crippen LogP contribution in [0.3, 0.4) is 0 Å². The first-order chi connectivity index (χ1) is 5.45. The smallest absolute Gasteiger partial charge is 0.368 e. The number of halogens is 3. The minimum atomic E-state index is -4.34. The Labute approximate surface area is 67.5 Å². The minimum absolute atomic E-state index is 0.410. The summed E-state index contributed by atoms with van der Waals surface area (Å²) in [6.45, 7) is 1.95. The summed E-state index contributed by atoms with van der Waals surface area (Å²) in [7, 11) is 0. The second-order valence-corrected chi connectivity index (χ2v) is 1.80. The van der Waals surface area contributed by atoms with E-state index < -0.39 is 18.7 Å². The second kappa shape index (κ2) is 4.53. The molecule has 0 aromatic carbocycles. The summed E-state index contributed by atoms with van der Waals surface area (Å²) < 4.78 is 34.5. The fourth-order valence-electron chi connectivity index (χ4n) is 0.341. The van der Waals surface area contributed by atoms with Gasteiger partial charge in [0.2, 0.25) is 5.96 Å². The van der Waals surface area contributed by atoms with Crippen LogP contribution >= 0.6 is 0 Å². The molecule has 0 aromatic rings. The molecule has 12 heavy (non-hydrogen) atoms. The monoisotopic (exact) mass is 179 g/mol. The molecule has 68 valence electrons. The fraction of sp³-hybridized carbons (Fsp3) is 0.333. The summed E-state index contributed by atoms with van der Waals surface area (Å²) in [5.74, 6) is -0.410. The van der Waals surface area contributed by atoms with Crippen molar-refractivity contribution in [1.29, 1.82) is 0 Å². The van der Waals surface area contributed by atoms with Gasteiger partial charge in [-0.1, -0.05) is 12.7 Å². The molecule has 0 aliphatic carbocycles. The Morgan fingerprint density at radius 1 is 1.50 bits per heavy atom. The van der Waals surface area contributed by atoms with Crippen LogP contribution in [0.4, 0.5) is 13.2 Å². The molecule has 0 aliphatic rings. The Hall–Kier alpha value is -1.33. The van der Waals surface area contributed by atoms with Gasteiger partial charge < -0.3 is 5.73 Å². The van der Waals surface area contributed by atoms with Crippen molar-refractivity contribution in [3.63, 3.8) is 0 Å². The Morgan fingerprint density at radius 3 is 2.50 bits per heavy atom. The van der Waals surface area contributed by atoms with Gasteiger partial charge in [-0.25, -0.2) is 9.98 Å². The van der Waals surface area contributed by atoms with Gasteiger partial charge in [0.15, 0.2) is 0 Å². The van der Waals surface area contributed by atoms with E-state index in [1.54, 1.807) is 0 Å². The molecular formula is C6H8F3N3. The lowest BCUT2D eigenvalue weighted by molar-refractivity contribution is -0.118. The molecule has 6 heteroatoms. The Balaban J connectivity index is 4.01. The zero-order valence-electron chi connectivity index (χ0n) is 6.17. The van der Waals surface area contributed by atoms with E-state index in [1.807, 2.05) is 0 Å². The maximum absolute atomic E-state index is 11.5. The van der Waals surface area contributed by atoms with Crippen molar-refractivity contribution in [2.45, 2.75) is 6.18 Å². The molecular weight excluding hydrogens is 171 g/mol. The molecule has 0 fully saturated rings. The van der Waals surface area contributed by atoms with Crippen molar-refractivity contribution in [1.82, 2.24) is 0 Å². The molecule has 0 saturated heterocycles. The molecule has 0 spiro atoms. The molecule has 0 saturated carbocycles. The zero-order valence-corrected chi connectivity index (χ0v) is 6.17. The molecule has 0 bridgehead atoms. The summed E-state index contributed by atoms with van der Waals surface area (Å²) in [5.41, 5.74) is 4.97. The molecule has 0 aliphatic heterocycles. The van der Waals surface area contributed by atoms with Gasteiger partial charge in [0.1, 0.15) is 6.54 Å². The van der Waals surface area contributed by atoms with Crippen LogP contribution in [-0.2, 0) is 0 Å². The van der Waals surface area contributed by atoms with E-state index in [9.17, 15) is 13.2 Å². The maximum atomic E-state index is 11.5. The third-order valence-electron chi connectivity index (χ3n) is 0.733. The first-order valence-corrected chi connectivity index (χ1v) is 2.97. The lowest BCUT2D eigenvalue weighted by atomic mass is 10.6. The zero-order chi connectivity index (χ0) is 9.61. The van der Waals surface area contributed by atoms with Gasteiger partial charge in [-0.05, 0) is 0 Å². The molecule has 3 nitrogen and oxygen atoms in total. The topological polar surface area (TPSA) is 50.7 Å². The number of nitrogens with two attached hydrogens (primary N) is 1. The lowest BCUT2D eigenvalue weighted by Crippen LogP contribution is -2.17. The van der Waals surface area contributed by atoms with Gasteiger partial charge in [0.05, 0.1) is 0 Å². The van der Waals surface area contributed by atoms with Crippen molar-refractivity contribution in [2.24, 2.45) is 15.7 Å². The molecule has 0 unspecified atom stereocenters. The standard InChI is InChI=1S/C6H8F3N3/c1-2-3-11-5(10)12-4-6(7,8)9/h2-3H,1,4H2,(H2,10,12)/b11-3-. The average Bonchev–Trinajstić information content (AvgIpc) is 1.95. The van der Waals surface area contributed by atoms with Gasteiger partial charge in [-0.2, -0.15) is 13.2 Å². The van der Waals surface area contributed by atoms with E-state index in [1.165, 1.54) is 6.08 Å². The SMILES string of the molecule is C=C/C=N\C(N)=N/CC(F)(F)F. The van der Waals surface area contributed by atoms with Crippen LogP contribution in [-0.4, -0.2) is 24.9 Å². The highest BCUT2D eigenvalue weighted by Gasteiger charge is 2.26. The summed E-state index contributed by atoms with van der Waals surface area (Å²) in [6, 6.07) is 0. The van der Waals surface area contributed by atoms with E-state index in [4.69, 9.17) is 5.73 Å². The number of aliphatic imine (C=N–C) groups is 2. The van der Waals surface area contributed by atoms with Gasteiger partial charge in [-0.15, -0.1) is 0 Å². The summed E-state index contributed by atoms with van der Waals surface area (Å²) in [5, 5.41) is 0. The molecule has 0 rings (SSSR count). The van der Waals surface area contributed by atoms with Crippen LogP contribution in [0.5, 0.6) is 0 Å². The van der Waals surface area contributed by atoms with Crippen LogP contribution < -0.4 is 5.73 Å². The van der Waals surface area contributed by atoms with Crippen molar-refractivity contribution in [3.8, 4) is 0 Å². The third kappa shape index (κ3) is 6.79. The summed E-state index contributed by atoms with van der Waals surface area (Å²) in [4.78, 5) is 6.29. The van der Waals surface area contributed by atoms with Crippen LogP contribution in [0.25, 0.3) is 0 Å². The predicted molar refractivity (Wildman–Crippen MR) is 41.2 cm³/mol. The van der Waals surface area contributed by atoms with E-state index >= 15 is 0 Å². The van der Waals surface area contributed by atoms with Gasteiger partial charge >= 0.3 is 6.18 Å². The van der Waals surface area contributed by atoms with E-state index in [0.29, 0.717) is 0 Å². The number of alkyl halides is 3. The highest BCUT2D eigenvalue weighted by atomic mass is 19.4. The molecule has 0 aromatic heterocycles. The first-order valence-electron chi connectivity index (χ1n) is 2.97. The highest BCUT2D eigenvalue weighted by Crippen LogP contribution is 2.13. The largest absolute Gasteiger partial charge is 0.408 e. The van der Waals surface area contributed by atoms with Gasteiger partial charge in [0, 0.05) is 6.21 Å². The van der Waals surface area contributed by atoms with Crippen LogP contribution in [0.1, 0.15) is 0 Å². The van der Waals surface area contributed by atoms with Gasteiger partial charge in [0.25, 0.3) is 0 Å². The fourth-order valence-corrected chi connectivity index (χ4v) is 0.341. The van der Waals surface area contributed by atoms with Crippen LogP contribution in [0, 0.1) is 0 Å². The van der Waals surface area contributed by atoms with Crippen LogP contribution in [0.15, 0.2) is 22.6 Å². The van der Waals surface area contributed by atoms with E-state index in [2.05, 4.69) is 16.6 Å². The molecule has 0 amide bonds. The normalized spacial score (nSPS) is 13.8. The average molecular weight is 179 g/mol. The Kier molecular flexibility index (Phi) is 4.03. The Bertz CT molecular complexity index is 205. The second-order valence-electron chi connectivity index (χ2n) is 1.80. The number of hydrogen-bond acceptors (Lipinski definition) is 1. The number of hydrogen-bond donors (Lipinski definition) is 1. The first kappa shape index (κ1) is 10.7. The molecule has 0 heterocycles. The lowest BCUT2D eigenvalue weighted by Gasteiger charge is -2.00. The van der Waals surface area contributed by atoms with Crippen molar-refractivity contribution >= 4 is 12.2 Å². The molecule has 0 radical (unpaired) electrons. The van der Waals surface area contributed by atoms with Gasteiger partial charge in [-0.3, -0.25) is 0 Å². The number of nitrogens with zero attached hydrogens (tertiary/aromatic N) is 2. The summed E-state index contributed by atoms with van der Waals surface area (Å²) >= 11 is 0. The number of allylic oxidation sites excluding steroid dienone is 1. The van der Waals surface area contributed by atoms with E-state index in [0.717, 1.165) is 6.21 Å².